The maximum Gasteiger partial charge on any atom is 0.151 e. The molecule has 0 radical (unpaired) electrons. The first kappa shape index (κ1) is 16.2. The number of nitrogens with zero attached hydrogens (tertiary/aromatic N) is 1. The first-order chi connectivity index (χ1) is 10.7. The van der Waals surface area contributed by atoms with Gasteiger partial charge >= 0.3 is 0 Å². The minimum absolute atomic E-state index is 0.335. The van der Waals surface area contributed by atoms with Gasteiger partial charge in [-0.15, -0.1) is 22.7 Å². The molecule has 1 aromatic carbocycles. The summed E-state index contributed by atoms with van der Waals surface area (Å²) in [6.07, 6.45) is -0.499. The molecule has 22 heavy (non-hydrogen) atoms. The summed E-state index contributed by atoms with van der Waals surface area (Å²) in [7, 11) is 0. The fourth-order valence-corrected chi connectivity index (χ4v) is 4.63. The highest BCUT2D eigenvalue weighted by Crippen LogP contribution is 2.31. The maximum absolute atomic E-state index is 9.97. The first-order valence-corrected chi connectivity index (χ1v) is 9.74. The third-order valence-corrected chi connectivity index (χ3v) is 6.27. The average molecular weight is 372 g/mol. The Morgan fingerprint density at radius 2 is 2.27 bits per heavy atom. The van der Waals surface area contributed by atoms with Gasteiger partial charge in [-0.25, -0.2) is 4.98 Å². The quantitative estimate of drug-likeness (QED) is 0.612. The van der Waals surface area contributed by atoms with E-state index in [4.69, 9.17) is 16.3 Å². The number of ether oxygens (including phenoxy) is 1. The van der Waals surface area contributed by atoms with E-state index in [1.807, 2.05) is 35.7 Å². The van der Waals surface area contributed by atoms with Gasteiger partial charge in [0.2, 0.25) is 0 Å². The molecule has 1 atom stereocenters. The molecule has 0 amide bonds. The molecule has 3 rings (SSSR count). The molecule has 0 aliphatic heterocycles. The molecule has 0 aliphatic rings. The summed E-state index contributed by atoms with van der Waals surface area (Å²) >= 11 is 10.8. The minimum atomic E-state index is -0.499. The molecule has 3 nitrogen and oxygen atoms in total. The van der Waals surface area contributed by atoms with Gasteiger partial charge in [-0.1, -0.05) is 29.4 Å². The van der Waals surface area contributed by atoms with E-state index in [1.54, 1.807) is 34.4 Å². The molecule has 0 spiro atoms. The van der Waals surface area contributed by atoms with Crippen molar-refractivity contribution in [3.05, 3.63) is 45.6 Å². The van der Waals surface area contributed by atoms with Gasteiger partial charge in [-0.05, 0) is 29.6 Å². The van der Waals surface area contributed by atoms with Gasteiger partial charge in [0.25, 0.3) is 0 Å². The van der Waals surface area contributed by atoms with Gasteiger partial charge in [0, 0.05) is 15.7 Å². The Morgan fingerprint density at radius 1 is 1.36 bits per heavy atom. The molecule has 3 aromatic rings. The van der Waals surface area contributed by atoms with E-state index in [0.29, 0.717) is 24.0 Å². The largest absolute Gasteiger partial charge is 0.390 e. The zero-order valence-corrected chi connectivity index (χ0v) is 14.8. The summed E-state index contributed by atoms with van der Waals surface area (Å²) in [6, 6.07) is 9.72. The first-order valence-electron chi connectivity index (χ1n) is 6.68. The van der Waals surface area contributed by atoms with E-state index in [0.717, 1.165) is 14.6 Å². The number of thioether (sulfide) groups is 1. The number of rotatable bonds is 7. The van der Waals surface area contributed by atoms with Crippen LogP contribution in [0.5, 0.6) is 0 Å². The van der Waals surface area contributed by atoms with Gasteiger partial charge in [0.1, 0.15) is 0 Å². The average Bonchev–Trinajstić information content (AvgIpc) is 3.13. The number of fused-ring (bicyclic) bond motifs is 1. The van der Waals surface area contributed by atoms with Crippen LogP contribution in [-0.4, -0.2) is 28.6 Å². The lowest BCUT2D eigenvalue weighted by Crippen LogP contribution is -2.17. The standard InChI is InChI=1S/C15H14ClNO2S3/c16-10-3-4-14-13(6-10)17-15(22-14)21-9-11(18)7-19-8-12-2-1-5-20-12/h1-6,11,18H,7-9H2/t11-/m1/s1. The van der Waals surface area contributed by atoms with Crippen LogP contribution in [0.3, 0.4) is 0 Å². The number of thiazole rings is 1. The van der Waals surface area contributed by atoms with E-state index in [9.17, 15) is 5.11 Å². The molecule has 2 aromatic heterocycles. The van der Waals surface area contributed by atoms with Gasteiger partial charge < -0.3 is 9.84 Å². The Bertz CT molecular complexity index is 730. The Labute approximate surface area is 145 Å². The minimum Gasteiger partial charge on any atom is -0.390 e. The highest BCUT2D eigenvalue weighted by Gasteiger charge is 2.09. The zero-order valence-electron chi connectivity index (χ0n) is 11.6. The van der Waals surface area contributed by atoms with E-state index < -0.39 is 6.10 Å². The molecule has 7 heteroatoms. The molecule has 0 unspecified atom stereocenters. The molecular weight excluding hydrogens is 358 g/mol. The third-order valence-electron chi connectivity index (χ3n) is 2.86. The molecule has 2 heterocycles. The predicted octanol–water partition coefficient (Wildman–Crippen LogP) is 4.68. The number of hydrogen-bond donors (Lipinski definition) is 1. The molecule has 0 aliphatic carbocycles. The van der Waals surface area contributed by atoms with Crippen LogP contribution in [0.25, 0.3) is 10.2 Å². The lowest BCUT2D eigenvalue weighted by Gasteiger charge is -2.09. The number of thiophene rings is 1. The lowest BCUT2D eigenvalue weighted by molar-refractivity contribution is 0.0409. The van der Waals surface area contributed by atoms with E-state index in [-0.39, 0.29) is 0 Å². The second kappa shape index (κ2) is 7.77. The van der Waals surface area contributed by atoms with Crippen LogP contribution >= 0.6 is 46.0 Å². The summed E-state index contributed by atoms with van der Waals surface area (Å²) in [5, 5.41) is 12.7. The van der Waals surface area contributed by atoms with Crippen LogP contribution < -0.4 is 0 Å². The number of hydrogen-bond acceptors (Lipinski definition) is 6. The summed E-state index contributed by atoms with van der Waals surface area (Å²) < 4.78 is 7.56. The normalized spacial score (nSPS) is 12.8. The van der Waals surface area contributed by atoms with E-state index in [2.05, 4.69) is 4.98 Å². The molecule has 0 saturated heterocycles. The Hall–Kier alpha value is -0.630. The van der Waals surface area contributed by atoms with Gasteiger partial charge in [0.05, 0.1) is 29.5 Å². The number of aromatic nitrogens is 1. The molecule has 116 valence electrons. The second-order valence-corrected chi connectivity index (χ2v) is 8.42. The number of aliphatic hydroxyl groups excluding tert-OH is 1. The maximum atomic E-state index is 9.97. The monoisotopic (exact) mass is 371 g/mol. The Kier molecular flexibility index (Phi) is 5.73. The molecule has 0 bridgehead atoms. The lowest BCUT2D eigenvalue weighted by atomic mass is 10.3. The SMILES string of the molecule is O[C@H](COCc1cccs1)CSc1nc2cc(Cl)ccc2s1. The number of aliphatic hydroxyl groups is 1. The van der Waals surface area contributed by atoms with Crippen molar-refractivity contribution in [2.75, 3.05) is 12.4 Å². The zero-order chi connectivity index (χ0) is 15.4. The second-order valence-electron chi connectivity index (χ2n) is 4.65. The van der Waals surface area contributed by atoms with Crippen molar-refractivity contribution in [1.29, 1.82) is 0 Å². The van der Waals surface area contributed by atoms with Crippen molar-refractivity contribution in [2.24, 2.45) is 0 Å². The van der Waals surface area contributed by atoms with Crippen molar-refractivity contribution in [2.45, 2.75) is 17.1 Å². The summed E-state index contributed by atoms with van der Waals surface area (Å²) in [5.74, 6) is 0.567. The number of halogens is 1. The highest BCUT2D eigenvalue weighted by molar-refractivity contribution is 8.01. The van der Waals surface area contributed by atoms with Crippen molar-refractivity contribution in [1.82, 2.24) is 4.98 Å². The van der Waals surface area contributed by atoms with Gasteiger partial charge in [-0.2, -0.15) is 0 Å². The number of benzene rings is 1. The van der Waals surface area contributed by atoms with Crippen LogP contribution in [0.4, 0.5) is 0 Å². The van der Waals surface area contributed by atoms with E-state index in [1.165, 1.54) is 4.88 Å². The fraction of sp³-hybridized carbons (Fsp3) is 0.267. The van der Waals surface area contributed by atoms with Crippen LogP contribution in [0, 0.1) is 0 Å². The van der Waals surface area contributed by atoms with Crippen molar-refractivity contribution < 1.29 is 9.84 Å². The topological polar surface area (TPSA) is 42.4 Å². The predicted molar refractivity (Wildman–Crippen MR) is 95.3 cm³/mol. The Morgan fingerprint density at radius 3 is 3.09 bits per heavy atom. The van der Waals surface area contributed by atoms with Crippen molar-refractivity contribution in [3.63, 3.8) is 0 Å². The third kappa shape index (κ3) is 4.44. The summed E-state index contributed by atoms with van der Waals surface area (Å²) in [4.78, 5) is 5.68. The molecule has 0 saturated carbocycles. The van der Waals surface area contributed by atoms with Crippen molar-refractivity contribution in [3.8, 4) is 0 Å². The van der Waals surface area contributed by atoms with Crippen molar-refractivity contribution >= 4 is 56.3 Å². The molecular formula is C15H14ClNO2S3. The summed E-state index contributed by atoms with van der Waals surface area (Å²) in [5.41, 5.74) is 0.906. The van der Waals surface area contributed by atoms with Crippen LogP contribution in [0.2, 0.25) is 5.02 Å². The van der Waals surface area contributed by atoms with Gasteiger partial charge in [0.15, 0.2) is 4.34 Å². The van der Waals surface area contributed by atoms with E-state index >= 15 is 0 Å². The highest BCUT2D eigenvalue weighted by atomic mass is 35.5. The molecule has 0 fully saturated rings. The molecule has 1 N–H and O–H groups in total. The summed E-state index contributed by atoms with van der Waals surface area (Å²) in [6.45, 7) is 0.890. The van der Waals surface area contributed by atoms with Crippen LogP contribution in [-0.2, 0) is 11.3 Å². The fourth-order valence-electron chi connectivity index (χ4n) is 1.85. The van der Waals surface area contributed by atoms with Crippen LogP contribution in [0.15, 0.2) is 40.1 Å². The Balaban J connectivity index is 1.46. The smallest absolute Gasteiger partial charge is 0.151 e. The van der Waals surface area contributed by atoms with Gasteiger partial charge in [-0.3, -0.25) is 0 Å². The van der Waals surface area contributed by atoms with Crippen LogP contribution in [0.1, 0.15) is 4.88 Å².